The fourth-order valence-electron chi connectivity index (χ4n) is 0.952. The summed E-state index contributed by atoms with van der Waals surface area (Å²) in [7, 11) is 1.89. The summed E-state index contributed by atoms with van der Waals surface area (Å²) < 4.78 is 1.88. The Bertz CT molecular complexity index is 317. The highest BCUT2D eigenvalue weighted by atomic mass is 127. The molecule has 0 aromatic carbocycles. The van der Waals surface area contributed by atoms with Gasteiger partial charge in [0, 0.05) is 6.07 Å². The minimum Gasteiger partial charge on any atom is -1.00 e. The van der Waals surface area contributed by atoms with E-state index in [0.29, 0.717) is 5.56 Å². The third-order valence-corrected chi connectivity index (χ3v) is 2.42. The zero-order valence-corrected chi connectivity index (χ0v) is 10.4. The Balaban J connectivity index is 0.00000144. The molecule has 2 N–H and O–H groups in total. The van der Waals surface area contributed by atoms with E-state index in [1.54, 1.807) is 24.0 Å². The SMILES string of the molecule is CSc1ccc(C(N)=O)c[n+]1C.[I-]. The molecule has 0 unspecified atom stereocenters. The molecule has 0 fully saturated rings. The maximum atomic E-state index is 10.8. The highest BCUT2D eigenvalue weighted by molar-refractivity contribution is 7.98. The number of aromatic nitrogens is 1. The molecule has 0 aliphatic rings. The van der Waals surface area contributed by atoms with Crippen molar-refractivity contribution in [1.29, 1.82) is 0 Å². The van der Waals surface area contributed by atoms with Gasteiger partial charge in [-0.2, -0.15) is 4.57 Å². The van der Waals surface area contributed by atoms with Gasteiger partial charge in [0.2, 0.25) is 5.03 Å². The van der Waals surface area contributed by atoms with Crippen LogP contribution >= 0.6 is 11.8 Å². The van der Waals surface area contributed by atoms with Crippen LogP contribution in [0.5, 0.6) is 0 Å². The standard InChI is InChI=1S/C8H10N2OS.HI/c1-10-5-6(8(9)11)3-4-7(10)12-2;/h3-5H,1-2H3,(H-,9,11);1H. The summed E-state index contributed by atoms with van der Waals surface area (Å²) in [6, 6.07) is 3.61. The van der Waals surface area contributed by atoms with Crippen molar-refractivity contribution in [2.75, 3.05) is 6.26 Å². The molecular weight excluding hydrogens is 299 g/mol. The van der Waals surface area contributed by atoms with Gasteiger partial charge in [-0.05, 0) is 12.3 Å². The molecule has 1 amide bonds. The smallest absolute Gasteiger partial charge is 0.254 e. The number of hydrogen-bond acceptors (Lipinski definition) is 2. The first-order valence-corrected chi connectivity index (χ1v) is 4.71. The molecule has 13 heavy (non-hydrogen) atoms. The number of nitrogens with two attached hydrogens (primary N) is 1. The number of primary amides is 1. The molecule has 0 aliphatic heterocycles. The Labute approximate surface area is 98.7 Å². The van der Waals surface area contributed by atoms with Crippen LogP contribution in [0.25, 0.3) is 0 Å². The molecule has 3 nitrogen and oxygen atoms in total. The lowest BCUT2D eigenvalue weighted by Crippen LogP contribution is -3.00. The molecule has 0 saturated heterocycles. The molecule has 72 valence electrons. The van der Waals surface area contributed by atoms with E-state index in [1.807, 2.05) is 23.9 Å². The molecule has 1 aromatic heterocycles. The highest BCUT2D eigenvalue weighted by Gasteiger charge is 2.08. The second-order valence-corrected chi connectivity index (χ2v) is 3.26. The number of hydrogen-bond donors (Lipinski definition) is 1. The number of amides is 1. The number of halogens is 1. The fourth-order valence-corrected chi connectivity index (χ4v) is 1.50. The van der Waals surface area contributed by atoms with Gasteiger partial charge < -0.3 is 29.7 Å². The van der Waals surface area contributed by atoms with E-state index in [9.17, 15) is 4.79 Å². The minimum absolute atomic E-state index is 0. The number of aryl methyl sites for hydroxylation is 1. The van der Waals surface area contributed by atoms with Gasteiger partial charge in [-0.1, -0.05) is 11.8 Å². The number of thioether (sulfide) groups is 1. The van der Waals surface area contributed by atoms with Gasteiger partial charge in [0.05, 0.1) is 0 Å². The van der Waals surface area contributed by atoms with Gasteiger partial charge in [-0.3, -0.25) is 4.79 Å². The lowest BCUT2D eigenvalue weighted by Gasteiger charge is -1.96. The number of rotatable bonds is 2. The third kappa shape index (κ3) is 3.15. The molecule has 1 heterocycles. The zero-order valence-electron chi connectivity index (χ0n) is 7.45. The lowest BCUT2D eigenvalue weighted by molar-refractivity contribution is -0.708. The van der Waals surface area contributed by atoms with Crippen LogP contribution in [0.3, 0.4) is 0 Å². The van der Waals surface area contributed by atoms with Gasteiger partial charge >= 0.3 is 0 Å². The summed E-state index contributed by atoms with van der Waals surface area (Å²) in [6.45, 7) is 0. The first kappa shape index (κ1) is 12.7. The van der Waals surface area contributed by atoms with Crippen LogP contribution in [0.15, 0.2) is 23.4 Å². The monoisotopic (exact) mass is 310 g/mol. The van der Waals surface area contributed by atoms with Crippen LogP contribution in [0.4, 0.5) is 0 Å². The van der Waals surface area contributed by atoms with E-state index >= 15 is 0 Å². The summed E-state index contributed by atoms with van der Waals surface area (Å²) in [5.74, 6) is -0.391. The molecule has 0 bridgehead atoms. The molecule has 1 aromatic rings. The van der Waals surface area contributed by atoms with Crippen molar-refractivity contribution in [2.45, 2.75) is 5.03 Å². The average molecular weight is 310 g/mol. The van der Waals surface area contributed by atoms with E-state index in [2.05, 4.69) is 0 Å². The quantitative estimate of drug-likeness (QED) is 0.368. The Kier molecular flexibility index (Phi) is 5.31. The number of carbonyl (C=O) groups is 1. The average Bonchev–Trinajstić information content (AvgIpc) is 2.04. The van der Waals surface area contributed by atoms with Crippen LogP contribution in [-0.2, 0) is 7.05 Å². The largest absolute Gasteiger partial charge is 1.00 e. The molecule has 0 radical (unpaired) electrons. The summed E-state index contributed by atoms with van der Waals surface area (Å²) in [6.07, 6.45) is 3.72. The Morgan fingerprint density at radius 2 is 2.15 bits per heavy atom. The van der Waals surface area contributed by atoms with Gasteiger partial charge in [0.25, 0.3) is 5.91 Å². The van der Waals surface area contributed by atoms with Gasteiger partial charge in [-0.25, -0.2) is 0 Å². The normalized spacial score (nSPS) is 9.08. The van der Waals surface area contributed by atoms with Gasteiger partial charge in [-0.15, -0.1) is 0 Å². The van der Waals surface area contributed by atoms with Crippen molar-refractivity contribution in [3.63, 3.8) is 0 Å². The predicted octanol–water partition coefficient (Wildman–Crippen LogP) is -2.66. The van der Waals surface area contributed by atoms with Crippen LogP contribution in [0.1, 0.15) is 10.4 Å². The highest BCUT2D eigenvalue weighted by Crippen LogP contribution is 2.08. The summed E-state index contributed by atoms with van der Waals surface area (Å²) in [4.78, 5) is 10.8. The summed E-state index contributed by atoms with van der Waals surface area (Å²) >= 11 is 1.63. The number of nitrogens with zero attached hydrogens (tertiary/aromatic N) is 1. The predicted molar refractivity (Wildman–Crippen MR) is 47.9 cm³/mol. The first-order valence-electron chi connectivity index (χ1n) is 3.48. The number of pyridine rings is 1. The maximum Gasteiger partial charge on any atom is 0.254 e. The Hall–Kier alpha value is -0.300. The van der Waals surface area contributed by atoms with Gasteiger partial charge in [0.15, 0.2) is 6.20 Å². The van der Waals surface area contributed by atoms with Gasteiger partial charge in [0.1, 0.15) is 12.6 Å². The van der Waals surface area contributed by atoms with Crippen LogP contribution in [0.2, 0.25) is 0 Å². The second-order valence-electron chi connectivity index (χ2n) is 2.44. The second kappa shape index (κ2) is 5.43. The lowest BCUT2D eigenvalue weighted by atomic mass is 10.3. The minimum atomic E-state index is -0.391. The maximum absolute atomic E-state index is 10.8. The molecule has 0 saturated carbocycles. The Morgan fingerprint density at radius 1 is 1.54 bits per heavy atom. The summed E-state index contributed by atoms with van der Waals surface area (Å²) in [5.41, 5.74) is 5.65. The number of carbonyl (C=O) groups excluding carboxylic acids is 1. The zero-order chi connectivity index (χ0) is 9.14. The molecule has 5 heteroatoms. The fraction of sp³-hybridized carbons (Fsp3) is 0.250. The van der Waals surface area contributed by atoms with Crippen LogP contribution < -0.4 is 34.3 Å². The van der Waals surface area contributed by atoms with Crippen molar-refractivity contribution in [2.24, 2.45) is 12.8 Å². The first-order chi connectivity index (χ1) is 5.65. The molecular formula is C8H11IN2OS. The van der Waals surface area contributed by atoms with Crippen molar-refractivity contribution in [1.82, 2.24) is 0 Å². The molecule has 0 spiro atoms. The topological polar surface area (TPSA) is 47.0 Å². The van der Waals surface area contributed by atoms with Crippen molar-refractivity contribution >= 4 is 17.7 Å². The van der Waals surface area contributed by atoms with Crippen molar-refractivity contribution in [3.8, 4) is 0 Å². The molecule has 0 aliphatic carbocycles. The third-order valence-electron chi connectivity index (χ3n) is 1.58. The van der Waals surface area contributed by atoms with E-state index in [0.717, 1.165) is 5.03 Å². The van der Waals surface area contributed by atoms with E-state index in [1.165, 1.54) is 0 Å². The van der Waals surface area contributed by atoms with Crippen LogP contribution in [-0.4, -0.2) is 12.2 Å². The summed E-state index contributed by atoms with van der Waals surface area (Å²) in [5, 5.41) is 1.10. The van der Waals surface area contributed by atoms with Crippen LogP contribution in [0, 0.1) is 0 Å². The van der Waals surface area contributed by atoms with E-state index in [-0.39, 0.29) is 24.0 Å². The molecule has 1 rings (SSSR count). The van der Waals surface area contributed by atoms with E-state index < -0.39 is 5.91 Å². The Morgan fingerprint density at radius 3 is 2.54 bits per heavy atom. The van der Waals surface area contributed by atoms with E-state index in [4.69, 9.17) is 5.73 Å². The van der Waals surface area contributed by atoms with Crippen molar-refractivity contribution in [3.05, 3.63) is 23.9 Å². The molecule has 0 atom stereocenters. The van der Waals surface area contributed by atoms with Crippen molar-refractivity contribution < 1.29 is 33.3 Å².